The van der Waals surface area contributed by atoms with Gasteiger partial charge in [0.25, 0.3) is 0 Å². The van der Waals surface area contributed by atoms with E-state index in [9.17, 15) is 23.2 Å². The number of rotatable bonds is 8. The van der Waals surface area contributed by atoms with Crippen LogP contribution in [0.2, 0.25) is 0 Å². The van der Waals surface area contributed by atoms with Crippen LogP contribution in [0.1, 0.15) is 44.4 Å². The molecule has 0 aliphatic heterocycles. The van der Waals surface area contributed by atoms with E-state index in [4.69, 9.17) is 4.74 Å². The summed E-state index contributed by atoms with van der Waals surface area (Å²) in [4.78, 5) is 14.4. The third kappa shape index (κ3) is 6.93. The molecule has 0 saturated carbocycles. The van der Waals surface area contributed by atoms with E-state index < -0.39 is 24.4 Å². The minimum Gasteiger partial charge on any atom is -0.484 e. The number of halogens is 3. The SMILES string of the molecule is Cc1cc(CN(C)C(C)C(=O)NC(C)(C#N)C(C)C)cc(C)c1OCC(F)(F)F. The van der Waals surface area contributed by atoms with Crippen molar-refractivity contribution in [3.63, 3.8) is 0 Å². The number of hydrogen-bond acceptors (Lipinski definition) is 4. The molecule has 0 bridgehead atoms. The third-order valence-electron chi connectivity index (χ3n) is 5.14. The summed E-state index contributed by atoms with van der Waals surface area (Å²) in [7, 11) is 1.78. The van der Waals surface area contributed by atoms with Crippen molar-refractivity contribution in [2.75, 3.05) is 13.7 Å². The Morgan fingerprint density at radius 2 is 1.76 bits per heavy atom. The first-order chi connectivity index (χ1) is 13.2. The number of alkyl halides is 3. The van der Waals surface area contributed by atoms with E-state index in [0.717, 1.165) is 5.56 Å². The quantitative estimate of drug-likeness (QED) is 0.696. The van der Waals surface area contributed by atoms with Crippen LogP contribution in [0.5, 0.6) is 5.75 Å². The zero-order chi connectivity index (χ0) is 22.6. The first kappa shape index (κ1) is 24.8. The van der Waals surface area contributed by atoms with E-state index in [1.54, 1.807) is 46.9 Å². The second-order valence-electron chi connectivity index (χ2n) is 8.01. The Bertz CT molecular complexity index is 748. The number of benzene rings is 1. The predicted octanol–water partition coefficient (Wildman–Crippen LogP) is 4.12. The van der Waals surface area contributed by atoms with Gasteiger partial charge in [-0.1, -0.05) is 26.0 Å². The van der Waals surface area contributed by atoms with E-state index in [1.165, 1.54) is 0 Å². The van der Waals surface area contributed by atoms with Gasteiger partial charge in [-0.2, -0.15) is 18.4 Å². The van der Waals surface area contributed by atoms with Crippen molar-refractivity contribution < 1.29 is 22.7 Å². The summed E-state index contributed by atoms with van der Waals surface area (Å²) >= 11 is 0. The average molecular weight is 413 g/mol. The lowest BCUT2D eigenvalue weighted by molar-refractivity contribution is -0.153. The third-order valence-corrected chi connectivity index (χ3v) is 5.14. The lowest BCUT2D eigenvalue weighted by Gasteiger charge is -2.31. The van der Waals surface area contributed by atoms with Crippen LogP contribution in [-0.2, 0) is 11.3 Å². The van der Waals surface area contributed by atoms with Crippen molar-refractivity contribution in [1.82, 2.24) is 10.2 Å². The van der Waals surface area contributed by atoms with Gasteiger partial charge in [0.05, 0.1) is 12.1 Å². The Balaban J connectivity index is 2.87. The van der Waals surface area contributed by atoms with Crippen LogP contribution in [0.4, 0.5) is 13.2 Å². The molecule has 1 aromatic carbocycles. The van der Waals surface area contributed by atoms with Crippen molar-refractivity contribution in [3.05, 3.63) is 28.8 Å². The molecule has 0 spiro atoms. The number of nitrogens with one attached hydrogen (secondary N) is 1. The highest BCUT2D eigenvalue weighted by Crippen LogP contribution is 2.28. The number of nitriles is 1. The highest BCUT2D eigenvalue weighted by Gasteiger charge is 2.32. The minimum atomic E-state index is -4.39. The molecule has 1 rings (SSSR count). The molecule has 2 unspecified atom stereocenters. The van der Waals surface area contributed by atoms with Gasteiger partial charge in [0.15, 0.2) is 6.61 Å². The van der Waals surface area contributed by atoms with Crippen LogP contribution in [0, 0.1) is 31.1 Å². The summed E-state index contributed by atoms with van der Waals surface area (Å²) in [6.07, 6.45) is -4.39. The molecule has 0 aliphatic rings. The van der Waals surface area contributed by atoms with E-state index in [0.29, 0.717) is 17.7 Å². The van der Waals surface area contributed by atoms with E-state index in [2.05, 4.69) is 11.4 Å². The summed E-state index contributed by atoms with van der Waals surface area (Å²) in [5.74, 6) is -0.0893. The van der Waals surface area contributed by atoms with Crippen molar-refractivity contribution in [1.29, 1.82) is 5.26 Å². The summed E-state index contributed by atoms with van der Waals surface area (Å²) in [6, 6.07) is 5.17. The first-order valence-corrected chi connectivity index (χ1v) is 9.43. The fraction of sp³-hybridized carbons (Fsp3) is 0.619. The van der Waals surface area contributed by atoms with Gasteiger partial charge in [0.1, 0.15) is 11.3 Å². The number of nitrogens with zero attached hydrogens (tertiary/aromatic N) is 2. The van der Waals surface area contributed by atoms with Gasteiger partial charge in [-0.05, 0) is 57.4 Å². The fourth-order valence-electron chi connectivity index (χ4n) is 2.80. The van der Waals surface area contributed by atoms with Crippen LogP contribution >= 0.6 is 0 Å². The van der Waals surface area contributed by atoms with Gasteiger partial charge in [-0.3, -0.25) is 9.69 Å². The molecule has 1 amide bonds. The van der Waals surface area contributed by atoms with Gasteiger partial charge >= 0.3 is 6.18 Å². The van der Waals surface area contributed by atoms with Crippen molar-refractivity contribution in [2.24, 2.45) is 5.92 Å². The Hall–Kier alpha value is -2.27. The molecule has 0 saturated heterocycles. The summed E-state index contributed by atoms with van der Waals surface area (Å²) < 4.78 is 42.2. The van der Waals surface area contributed by atoms with Crippen molar-refractivity contribution in [3.8, 4) is 11.8 Å². The molecule has 1 N–H and O–H groups in total. The van der Waals surface area contributed by atoms with Gasteiger partial charge < -0.3 is 10.1 Å². The molecule has 162 valence electrons. The standard InChI is InChI=1S/C21H30F3N3O2/c1-13(2)20(6,11-25)26-19(28)16(5)27(7)10-17-8-14(3)18(15(4)9-17)29-12-21(22,23)24/h8-9,13,16H,10,12H2,1-7H3,(H,26,28). The molecule has 5 nitrogen and oxygen atoms in total. The van der Waals surface area contributed by atoms with Crippen molar-refractivity contribution in [2.45, 2.75) is 65.8 Å². The Morgan fingerprint density at radius 1 is 1.24 bits per heavy atom. The fourth-order valence-corrected chi connectivity index (χ4v) is 2.80. The number of carbonyl (C=O) groups excluding carboxylic acids is 1. The normalized spacial score (nSPS) is 15.0. The Kier molecular flexibility index (Phi) is 8.10. The number of aryl methyl sites for hydroxylation is 2. The minimum absolute atomic E-state index is 0.0523. The first-order valence-electron chi connectivity index (χ1n) is 9.43. The molecule has 0 radical (unpaired) electrons. The average Bonchev–Trinajstić information content (AvgIpc) is 2.58. The predicted molar refractivity (Wildman–Crippen MR) is 105 cm³/mol. The van der Waals surface area contributed by atoms with Crippen LogP contribution in [0.15, 0.2) is 12.1 Å². The molecule has 0 heterocycles. The molecule has 0 fully saturated rings. The molecule has 0 aromatic heterocycles. The lowest BCUT2D eigenvalue weighted by Crippen LogP contribution is -2.54. The number of amides is 1. The number of carbonyl (C=O) groups is 1. The Labute approximate surface area is 170 Å². The highest BCUT2D eigenvalue weighted by molar-refractivity contribution is 5.82. The number of likely N-dealkylation sites (N-methyl/N-ethyl adjacent to an activating group) is 1. The molecular weight excluding hydrogens is 383 g/mol. The molecular formula is C21H30F3N3O2. The number of hydrogen-bond donors (Lipinski definition) is 1. The molecule has 2 atom stereocenters. The maximum atomic E-state index is 12.6. The topological polar surface area (TPSA) is 65.4 Å². The van der Waals surface area contributed by atoms with Gasteiger partial charge in [-0.15, -0.1) is 0 Å². The van der Waals surface area contributed by atoms with Gasteiger partial charge in [0.2, 0.25) is 5.91 Å². The highest BCUT2D eigenvalue weighted by atomic mass is 19.4. The maximum Gasteiger partial charge on any atom is 0.422 e. The second kappa shape index (κ2) is 9.49. The van der Waals surface area contributed by atoms with Crippen LogP contribution in [-0.4, -0.2) is 42.2 Å². The number of ether oxygens (including phenoxy) is 1. The van der Waals surface area contributed by atoms with Crippen LogP contribution in [0.25, 0.3) is 0 Å². The summed E-state index contributed by atoms with van der Waals surface area (Å²) in [6.45, 7) is 9.64. The van der Waals surface area contributed by atoms with Crippen LogP contribution in [0.3, 0.4) is 0 Å². The smallest absolute Gasteiger partial charge is 0.422 e. The van der Waals surface area contributed by atoms with E-state index >= 15 is 0 Å². The van der Waals surface area contributed by atoms with Crippen LogP contribution < -0.4 is 10.1 Å². The van der Waals surface area contributed by atoms with E-state index in [-0.39, 0.29) is 17.6 Å². The maximum absolute atomic E-state index is 12.6. The lowest BCUT2D eigenvalue weighted by atomic mass is 9.89. The molecule has 29 heavy (non-hydrogen) atoms. The largest absolute Gasteiger partial charge is 0.484 e. The summed E-state index contributed by atoms with van der Waals surface area (Å²) in [5, 5.41) is 12.2. The monoisotopic (exact) mass is 413 g/mol. The zero-order valence-corrected chi connectivity index (χ0v) is 18.1. The Morgan fingerprint density at radius 3 is 2.17 bits per heavy atom. The molecule has 0 aliphatic carbocycles. The van der Waals surface area contributed by atoms with E-state index in [1.807, 2.05) is 18.7 Å². The van der Waals surface area contributed by atoms with Gasteiger partial charge in [-0.25, -0.2) is 0 Å². The van der Waals surface area contributed by atoms with Crippen molar-refractivity contribution >= 4 is 5.91 Å². The zero-order valence-electron chi connectivity index (χ0n) is 18.1. The second-order valence-corrected chi connectivity index (χ2v) is 8.01. The van der Waals surface area contributed by atoms with Gasteiger partial charge in [0, 0.05) is 6.54 Å². The molecule has 8 heteroatoms. The summed E-state index contributed by atoms with van der Waals surface area (Å²) in [5.41, 5.74) is 1.10. The molecule has 1 aromatic rings.